The van der Waals surface area contributed by atoms with Crippen LogP contribution in [0.4, 0.5) is 11.4 Å². The summed E-state index contributed by atoms with van der Waals surface area (Å²) < 4.78 is 122. The van der Waals surface area contributed by atoms with Crippen LogP contribution in [0.25, 0.3) is 6.08 Å². The molecule has 0 bridgehead atoms. The molecule has 6 rings (SSSR count). The number of hydrogen-bond donors (Lipinski definition) is 11. The lowest BCUT2D eigenvalue weighted by atomic mass is 9.81. The second-order valence-electron chi connectivity index (χ2n) is 21.0. The van der Waals surface area contributed by atoms with Gasteiger partial charge in [0.2, 0.25) is 17.5 Å². The summed E-state index contributed by atoms with van der Waals surface area (Å²) in [5.41, 5.74) is 1.49. The third-order valence-corrected chi connectivity index (χ3v) is 19.7. The van der Waals surface area contributed by atoms with E-state index in [-0.39, 0.29) is 46.6 Å². The number of phosphoric ester groups is 1. The molecule has 6 atom stereocenters. The second kappa shape index (κ2) is 27.7. The summed E-state index contributed by atoms with van der Waals surface area (Å²) >= 11 is 0. The third kappa shape index (κ3) is 17.9. The number of aliphatic hydroxyl groups excluding tert-OH is 2. The van der Waals surface area contributed by atoms with Crippen molar-refractivity contribution >= 4 is 78.7 Å². The van der Waals surface area contributed by atoms with E-state index < -0.39 is 96.9 Å². The molecule has 2 aromatic carbocycles. The number of ether oxygens (including phenoxy) is 1. The average Bonchev–Trinajstić information content (AvgIpc) is 1.72. The lowest BCUT2D eigenvalue weighted by molar-refractivity contribution is -0.438. The van der Waals surface area contributed by atoms with Crippen molar-refractivity contribution in [3.63, 3.8) is 0 Å². The molecule has 85 heavy (non-hydrogen) atoms. The number of H-pyrrole nitrogens is 1. The summed E-state index contributed by atoms with van der Waals surface area (Å²) in [6.07, 6.45) is 9.98. The topological polar surface area (TPSA) is 438 Å². The Morgan fingerprint density at radius 3 is 2.04 bits per heavy atom. The number of rotatable bonds is 29. The number of nitrogens with one attached hydrogen (secondary N) is 3. The number of amides is 2. The standard InChI is InChI=1S/C51H69N6O23P3S2/c1-6-55-38-24-22-34(84(71,72)73)29-36(38)50(2,3)41(55)18-10-7-11-19-42-51(4,5)37-30-35(85(74,75)76)23-25-39(37)56(42)28-15-9-13-21-43(58)52-26-14-8-12-20-44(59)53-27-16-17-33-31-57(49(63)54-47(33)62)48-46(61)45(60)40(78-48)32-77-82(67,68)80-83(69,70)79-81(64,65)66/h7,10-11,16-19,22-25,29-31,40,45-46,48,60-61H,6,8-9,12-15,20-21,26-28,32H2,1-5H3,(H8-,52,53,54,58,59,62,63,64,65,66,67,68,69,70,71,72,73,74,75,76)/p+1/t40-,45-,46-,48-/m1/s1. The molecule has 0 radical (unpaired) electrons. The van der Waals surface area contributed by atoms with Crippen molar-refractivity contribution in [1.82, 2.24) is 20.2 Å². The summed E-state index contributed by atoms with van der Waals surface area (Å²) in [6, 6.07) is 9.10. The second-order valence-corrected chi connectivity index (χ2v) is 28.3. The Hall–Kier alpha value is -5.40. The van der Waals surface area contributed by atoms with E-state index in [1.807, 2.05) is 70.0 Å². The van der Waals surface area contributed by atoms with Gasteiger partial charge in [0, 0.05) is 79.6 Å². The Balaban J connectivity index is 0.928. The van der Waals surface area contributed by atoms with Gasteiger partial charge < -0.3 is 50.1 Å². The van der Waals surface area contributed by atoms with Gasteiger partial charge >= 0.3 is 29.2 Å². The van der Waals surface area contributed by atoms with Crippen LogP contribution in [0.3, 0.4) is 0 Å². The zero-order valence-electron chi connectivity index (χ0n) is 46.8. The minimum absolute atomic E-state index is 0.0459. The van der Waals surface area contributed by atoms with Gasteiger partial charge in [-0.05, 0) is 88.4 Å². The molecule has 1 saturated heterocycles. The van der Waals surface area contributed by atoms with Crippen LogP contribution in [-0.2, 0) is 72.2 Å². The van der Waals surface area contributed by atoms with Gasteiger partial charge in [-0.3, -0.25) is 37.6 Å². The highest BCUT2D eigenvalue weighted by molar-refractivity contribution is 7.86. The van der Waals surface area contributed by atoms with Crippen molar-refractivity contribution in [1.29, 1.82) is 0 Å². The predicted octanol–water partition coefficient (Wildman–Crippen LogP) is 4.25. The molecule has 0 saturated carbocycles. The molecular weight excluding hydrogens is 1220 g/mol. The molecule has 1 fully saturated rings. The van der Waals surface area contributed by atoms with Gasteiger partial charge in [-0.1, -0.05) is 50.6 Å². The number of unbranched alkanes of at least 4 members (excludes halogenated alkanes) is 4. The molecule has 1 aromatic heterocycles. The molecule has 4 heterocycles. The van der Waals surface area contributed by atoms with Crippen molar-refractivity contribution in [3.05, 3.63) is 122 Å². The number of likely N-dealkylation sites (N-methyl/N-ethyl adjacent to an activating group) is 1. The van der Waals surface area contributed by atoms with Gasteiger partial charge in [-0.25, -0.2) is 18.5 Å². The Morgan fingerprint density at radius 2 is 1.40 bits per heavy atom. The quantitative estimate of drug-likeness (QED) is 0.0152. The number of nitrogens with zero attached hydrogens (tertiary/aromatic N) is 3. The van der Waals surface area contributed by atoms with E-state index >= 15 is 0 Å². The molecule has 0 aliphatic carbocycles. The highest BCUT2D eigenvalue weighted by Gasteiger charge is 2.48. The SMILES string of the molecule is CCN1C(=CC=CC=CC2=[N+](CCCCCC(=O)NCCCCCC(=O)NCC=Cc3cn([C@@H]4O[C@H](COP(=O)(O)OP(=O)(O)OP(=O)(O)O)[C@@H](O)[C@H]4O)c(=O)[nH]c3=O)c3ccc(S(=O)(=O)O)cc3C2(C)C)C(C)(C)c2cc(S(=O)(=O)O)ccc21. The number of aliphatic hydroxyl groups is 2. The molecule has 11 N–H and O–H groups in total. The molecule has 2 amide bonds. The first-order valence-electron chi connectivity index (χ1n) is 26.5. The first-order valence-corrected chi connectivity index (χ1v) is 33.9. The molecule has 0 spiro atoms. The van der Waals surface area contributed by atoms with Gasteiger partial charge in [-0.2, -0.15) is 30.0 Å². The van der Waals surface area contributed by atoms with E-state index in [9.17, 15) is 78.8 Å². The fourth-order valence-corrected chi connectivity index (χ4v) is 14.1. The fraction of sp³-hybridized carbons (Fsp3) is 0.471. The van der Waals surface area contributed by atoms with Gasteiger partial charge in [0.05, 0.1) is 27.4 Å². The molecule has 3 aromatic rings. The van der Waals surface area contributed by atoms with Crippen molar-refractivity contribution in [3.8, 4) is 0 Å². The van der Waals surface area contributed by atoms with E-state index in [2.05, 4.69) is 33.3 Å². The molecular formula is C51H70N6O23P3S2+. The van der Waals surface area contributed by atoms with Crippen molar-refractivity contribution in [2.24, 2.45) is 0 Å². The van der Waals surface area contributed by atoms with Gasteiger partial charge in [0.25, 0.3) is 25.8 Å². The number of benzene rings is 2. The summed E-state index contributed by atoms with van der Waals surface area (Å²) in [5.74, 6) is -0.443. The molecule has 3 aliphatic rings. The van der Waals surface area contributed by atoms with Crippen LogP contribution in [-0.4, -0.2) is 138 Å². The van der Waals surface area contributed by atoms with E-state index in [0.29, 0.717) is 68.3 Å². The highest BCUT2D eigenvalue weighted by atomic mass is 32.2. The highest BCUT2D eigenvalue weighted by Crippen LogP contribution is 2.66. The summed E-state index contributed by atoms with van der Waals surface area (Å²) in [6.45, 7) is 10.2. The van der Waals surface area contributed by atoms with E-state index in [0.717, 1.165) is 34.5 Å². The van der Waals surface area contributed by atoms with Gasteiger partial charge in [0.15, 0.2) is 11.9 Å². The summed E-state index contributed by atoms with van der Waals surface area (Å²) in [5, 5.41) is 26.6. The largest absolute Gasteiger partial charge is 0.490 e. The van der Waals surface area contributed by atoms with Crippen LogP contribution in [0.1, 0.15) is 109 Å². The fourth-order valence-electron chi connectivity index (χ4n) is 10.0. The number of anilines is 1. The molecule has 2 unspecified atom stereocenters. The van der Waals surface area contributed by atoms with Crippen LogP contribution in [0.5, 0.6) is 0 Å². The minimum atomic E-state index is -5.86. The zero-order valence-corrected chi connectivity index (χ0v) is 51.1. The Labute approximate surface area is 489 Å². The van der Waals surface area contributed by atoms with Crippen LogP contribution in [0.2, 0.25) is 0 Å². The van der Waals surface area contributed by atoms with Crippen LogP contribution >= 0.6 is 23.5 Å². The Morgan fingerprint density at radius 1 is 0.776 bits per heavy atom. The van der Waals surface area contributed by atoms with Crippen molar-refractivity contribution in [2.75, 3.05) is 37.7 Å². The number of aromatic amines is 1. The van der Waals surface area contributed by atoms with E-state index in [1.165, 1.54) is 36.4 Å². The number of carbonyl (C=O) groups excluding carboxylic acids is 2. The summed E-state index contributed by atoms with van der Waals surface area (Å²) in [7, 11) is -26.1. The first kappa shape index (κ1) is 68.7. The molecule has 29 nitrogen and oxygen atoms in total. The van der Waals surface area contributed by atoms with E-state index in [1.54, 1.807) is 12.1 Å². The molecule has 3 aliphatic heterocycles. The van der Waals surface area contributed by atoms with Crippen LogP contribution in [0, 0.1) is 0 Å². The third-order valence-electron chi connectivity index (χ3n) is 14.2. The number of hydrogen-bond acceptors (Lipinski definition) is 18. The summed E-state index contributed by atoms with van der Waals surface area (Å²) in [4.78, 5) is 90.6. The number of phosphoric acid groups is 3. The Bertz CT molecular complexity index is 3680. The minimum Gasteiger partial charge on any atom is -0.387 e. The van der Waals surface area contributed by atoms with Gasteiger partial charge in [-0.15, -0.1) is 0 Å². The monoisotopic (exact) mass is 1290 g/mol. The maximum atomic E-state index is 12.7. The molecule has 468 valence electrons. The Kier molecular flexibility index (Phi) is 22.4. The van der Waals surface area contributed by atoms with Crippen molar-refractivity contribution in [2.45, 2.75) is 131 Å². The first-order chi connectivity index (χ1) is 39.5. The normalized spacial score (nSPS) is 21.5. The lowest BCUT2D eigenvalue weighted by Crippen LogP contribution is -2.38. The van der Waals surface area contributed by atoms with Crippen molar-refractivity contribution < 1.29 is 101 Å². The zero-order chi connectivity index (χ0) is 63.1. The number of carbonyl (C=O) groups is 2. The number of aromatic nitrogens is 2. The van der Waals surface area contributed by atoms with Crippen LogP contribution in [0.15, 0.2) is 104 Å². The number of fused-ring (bicyclic) bond motifs is 2. The van der Waals surface area contributed by atoms with Gasteiger partial charge in [0.1, 0.15) is 24.9 Å². The maximum absolute atomic E-state index is 12.7. The van der Waals surface area contributed by atoms with E-state index in [4.69, 9.17) is 14.5 Å². The molecule has 34 heteroatoms. The van der Waals surface area contributed by atoms with Crippen LogP contribution < -0.4 is 26.8 Å². The smallest absolute Gasteiger partial charge is 0.387 e. The predicted molar refractivity (Wildman–Crippen MR) is 307 cm³/mol. The number of allylic oxidation sites excluding steroid dienone is 6. The lowest BCUT2D eigenvalue weighted by Gasteiger charge is -2.25. The average molecular weight is 1290 g/mol. The maximum Gasteiger partial charge on any atom is 0.490 e.